The second kappa shape index (κ2) is 6.61. The number of methoxy groups -OCH3 is 2. The lowest BCUT2D eigenvalue weighted by Gasteiger charge is -2.16. The predicted molar refractivity (Wildman–Crippen MR) is 101 cm³/mol. The Morgan fingerprint density at radius 2 is 1.93 bits per heavy atom. The maximum atomic E-state index is 13.7. The molecule has 0 spiro atoms. The summed E-state index contributed by atoms with van der Waals surface area (Å²) in [6.45, 7) is 0.504. The Morgan fingerprint density at radius 3 is 2.63 bits per heavy atom. The predicted octanol–water partition coefficient (Wildman–Crippen LogP) is 3.79. The highest BCUT2D eigenvalue weighted by molar-refractivity contribution is 5.95. The summed E-state index contributed by atoms with van der Waals surface area (Å²) in [5.41, 5.74) is 2.33. The highest BCUT2D eigenvalue weighted by Gasteiger charge is 2.46. The fourth-order valence-electron chi connectivity index (χ4n) is 3.55. The van der Waals surface area contributed by atoms with Gasteiger partial charge in [0.25, 0.3) is 5.91 Å². The summed E-state index contributed by atoms with van der Waals surface area (Å²) >= 11 is 0. The molecule has 1 heterocycles. The molecule has 27 heavy (non-hydrogen) atoms. The number of carbonyl (C=O) groups is 1. The standard InChI is InChI=1S/C21H21FN2O3/c1-26-18-6-3-13(9-19(18)27-2)20(25)24-12-21(7-8-21)16-11-23-17-5-4-14(22)10-15(16)17/h3-6,9-11,23H,7-8,12H2,1-2H3,(H,24,25). The number of aromatic nitrogens is 1. The molecule has 1 fully saturated rings. The number of H-pyrrole nitrogens is 1. The van der Waals surface area contributed by atoms with E-state index in [0.717, 1.165) is 29.3 Å². The summed E-state index contributed by atoms with van der Waals surface area (Å²) in [5, 5.41) is 3.90. The van der Waals surface area contributed by atoms with E-state index in [2.05, 4.69) is 10.3 Å². The molecule has 0 saturated heterocycles. The zero-order valence-corrected chi connectivity index (χ0v) is 15.3. The minimum atomic E-state index is -0.256. The van der Waals surface area contributed by atoms with Gasteiger partial charge in [0.2, 0.25) is 0 Å². The minimum absolute atomic E-state index is 0.141. The van der Waals surface area contributed by atoms with Crippen molar-refractivity contribution in [3.63, 3.8) is 0 Å². The monoisotopic (exact) mass is 368 g/mol. The zero-order valence-electron chi connectivity index (χ0n) is 15.3. The SMILES string of the molecule is COc1ccc(C(=O)NCC2(c3c[nH]c4ccc(F)cc34)CC2)cc1OC. The number of aromatic amines is 1. The second-order valence-corrected chi connectivity index (χ2v) is 6.93. The fourth-order valence-corrected chi connectivity index (χ4v) is 3.55. The van der Waals surface area contributed by atoms with Gasteiger partial charge in [-0.15, -0.1) is 0 Å². The Hall–Kier alpha value is -3.02. The van der Waals surface area contributed by atoms with Gasteiger partial charge in [0.05, 0.1) is 14.2 Å². The number of ether oxygens (including phenoxy) is 2. The molecule has 0 radical (unpaired) electrons. The molecule has 6 heteroatoms. The molecule has 1 aliphatic carbocycles. The van der Waals surface area contributed by atoms with Gasteiger partial charge in [0.1, 0.15) is 5.82 Å². The van der Waals surface area contributed by atoms with E-state index >= 15 is 0 Å². The van der Waals surface area contributed by atoms with Crippen molar-refractivity contribution in [2.24, 2.45) is 0 Å². The van der Waals surface area contributed by atoms with Crippen LogP contribution in [0.5, 0.6) is 11.5 Å². The number of hydrogen-bond acceptors (Lipinski definition) is 3. The largest absolute Gasteiger partial charge is 0.493 e. The van der Waals surface area contributed by atoms with Gasteiger partial charge in [-0.3, -0.25) is 4.79 Å². The number of nitrogens with one attached hydrogen (secondary N) is 2. The van der Waals surface area contributed by atoms with Crippen LogP contribution >= 0.6 is 0 Å². The van der Waals surface area contributed by atoms with E-state index < -0.39 is 0 Å². The van der Waals surface area contributed by atoms with Crippen LogP contribution < -0.4 is 14.8 Å². The van der Waals surface area contributed by atoms with Crippen LogP contribution in [0, 0.1) is 5.82 Å². The van der Waals surface area contributed by atoms with Crippen molar-refractivity contribution in [2.45, 2.75) is 18.3 Å². The molecular weight excluding hydrogens is 347 g/mol. The Bertz CT molecular complexity index is 1010. The van der Waals surface area contributed by atoms with Crippen LogP contribution in [-0.4, -0.2) is 31.7 Å². The summed E-state index contributed by atoms with van der Waals surface area (Å²) in [7, 11) is 3.09. The molecule has 0 bridgehead atoms. The molecule has 4 rings (SSSR count). The summed E-state index contributed by atoms with van der Waals surface area (Å²) < 4.78 is 24.1. The lowest BCUT2D eigenvalue weighted by molar-refractivity contribution is 0.0949. The van der Waals surface area contributed by atoms with E-state index in [1.807, 2.05) is 6.20 Å². The van der Waals surface area contributed by atoms with Gasteiger partial charge in [0, 0.05) is 34.6 Å². The van der Waals surface area contributed by atoms with Crippen LogP contribution in [0.25, 0.3) is 10.9 Å². The first-order valence-corrected chi connectivity index (χ1v) is 8.84. The van der Waals surface area contributed by atoms with Gasteiger partial charge in [-0.25, -0.2) is 4.39 Å². The molecule has 3 aromatic rings. The van der Waals surface area contributed by atoms with Gasteiger partial charge in [-0.1, -0.05) is 0 Å². The maximum absolute atomic E-state index is 13.7. The number of rotatable bonds is 6. The Morgan fingerprint density at radius 1 is 1.15 bits per heavy atom. The third-order valence-electron chi connectivity index (χ3n) is 5.30. The van der Waals surface area contributed by atoms with E-state index in [1.165, 1.54) is 13.2 Å². The third-order valence-corrected chi connectivity index (χ3v) is 5.30. The Labute approximate surface area is 156 Å². The van der Waals surface area contributed by atoms with Gasteiger partial charge in [-0.2, -0.15) is 0 Å². The van der Waals surface area contributed by atoms with Crippen LogP contribution in [0.4, 0.5) is 4.39 Å². The lowest BCUT2D eigenvalue weighted by atomic mass is 9.95. The first kappa shape index (κ1) is 17.4. The van der Waals surface area contributed by atoms with E-state index in [-0.39, 0.29) is 17.1 Å². The van der Waals surface area contributed by atoms with E-state index in [4.69, 9.17) is 9.47 Å². The number of carbonyl (C=O) groups excluding carboxylic acids is 1. The molecule has 0 atom stereocenters. The topological polar surface area (TPSA) is 63.3 Å². The van der Waals surface area contributed by atoms with E-state index in [9.17, 15) is 9.18 Å². The summed E-state index contributed by atoms with van der Waals surface area (Å²) in [5.74, 6) is 0.661. The molecule has 2 N–H and O–H groups in total. The first-order chi connectivity index (χ1) is 13.1. The molecule has 2 aromatic carbocycles. The van der Waals surface area contributed by atoms with Crippen LogP contribution in [0.3, 0.4) is 0 Å². The van der Waals surface area contributed by atoms with Gasteiger partial charge in [0.15, 0.2) is 11.5 Å². The number of amides is 1. The van der Waals surface area contributed by atoms with Crippen molar-refractivity contribution < 1.29 is 18.7 Å². The quantitative estimate of drug-likeness (QED) is 0.696. The van der Waals surface area contributed by atoms with Gasteiger partial charge < -0.3 is 19.8 Å². The molecule has 1 saturated carbocycles. The zero-order chi connectivity index (χ0) is 19.0. The minimum Gasteiger partial charge on any atom is -0.493 e. The van der Waals surface area contributed by atoms with Crippen molar-refractivity contribution in [3.8, 4) is 11.5 Å². The third kappa shape index (κ3) is 3.12. The maximum Gasteiger partial charge on any atom is 0.251 e. The van der Waals surface area contributed by atoms with Crippen LogP contribution in [0.2, 0.25) is 0 Å². The molecule has 0 unspecified atom stereocenters. The molecule has 0 aliphatic heterocycles. The molecule has 1 amide bonds. The first-order valence-electron chi connectivity index (χ1n) is 8.84. The number of fused-ring (bicyclic) bond motifs is 1. The van der Waals surface area contributed by atoms with Crippen molar-refractivity contribution >= 4 is 16.8 Å². The van der Waals surface area contributed by atoms with Crippen molar-refractivity contribution in [1.82, 2.24) is 10.3 Å². The van der Waals surface area contributed by atoms with Crippen LogP contribution in [-0.2, 0) is 5.41 Å². The Balaban J connectivity index is 1.52. The van der Waals surface area contributed by atoms with E-state index in [0.29, 0.717) is 23.6 Å². The summed E-state index contributed by atoms with van der Waals surface area (Å²) in [6, 6.07) is 9.82. The smallest absolute Gasteiger partial charge is 0.251 e. The summed E-state index contributed by atoms with van der Waals surface area (Å²) in [4.78, 5) is 15.8. The second-order valence-electron chi connectivity index (χ2n) is 6.93. The van der Waals surface area contributed by atoms with Crippen LogP contribution in [0.15, 0.2) is 42.6 Å². The normalized spacial score (nSPS) is 14.8. The molecule has 1 aromatic heterocycles. The highest BCUT2D eigenvalue weighted by Crippen LogP contribution is 2.50. The van der Waals surface area contributed by atoms with Gasteiger partial charge >= 0.3 is 0 Å². The van der Waals surface area contributed by atoms with Gasteiger partial charge in [-0.05, 0) is 54.8 Å². The average molecular weight is 368 g/mol. The lowest BCUT2D eigenvalue weighted by Crippen LogP contribution is -2.32. The Kier molecular flexibility index (Phi) is 4.26. The molecular formula is C21H21FN2O3. The average Bonchev–Trinajstić information content (AvgIpc) is 3.36. The van der Waals surface area contributed by atoms with E-state index in [1.54, 1.807) is 37.4 Å². The highest BCUT2D eigenvalue weighted by atomic mass is 19.1. The fraction of sp³-hybridized carbons (Fsp3) is 0.286. The number of benzene rings is 2. The van der Waals surface area contributed by atoms with Crippen molar-refractivity contribution in [1.29, 1.82) is 0 Å². The number of halogens is 1. The molecule has 1 aliphatic rings. The molecule has 5 nitrogen and oxygen atoms in total. The molecule has 140 valence electrons. The van der Waals surface area contributed by atoms with Crippen molar-refractivity contribution in [2.75, 3.05) is 20.8 Å². The van der Waals surface area contributed by atoms with Crippen molar-refractivity contribution in [3.05, 3.63) is 59.5 Å². The number of hydrogen-bond donors (Lipinski definition) is 2. The van der Waals surface area contributed by atoms with Crippen LogP contribution in [0.1, 0.15) is 28.8 Å². The summed E-state index contributed by atoms with van der Waals surface area (Å²) in [6.07, 6.45) is 3.85.